The van der Waals surface area contributed by atoms with Gasteiger partial charge >= 0.3 is 0 Å². The summed E-state index contributed by atoms with van der Waals surface area (Å²) in [5.41, 5.74) is -0.152. The van der Waals surface area contributed by atoms with Gasteiger partial charge in [0.2, 0.25) is 5.89 Å². The quantitative estimate of drug-likeness (QED) is 0.791. The summed E-state index contributed by atoms with van der Waals surface area (Å²) in [7, 11) is 1.50. The molecule has 0 bridgehead atoms. The van der Waals surface area contributed by atoms with E-state index < -0.39 is 0 Å². The fourth-order valence-electron chi connectivity index (χ4n) is 1.91. The van der Waals surface area contributed by atoms with Gasteiger partial charge in [-0.2, -0.15) is 10.2 Å². The van der Waals surface area contributed by atoms with Crippen molar-refractivity contribution in [2.75, 3.05) is 7.05 Å². The Hall–Kier alpha value is -1.90. The molecule has 1 aromatic rings. The summed E-state index contributed by atoms with van der Waals surface area (Å²) in [4.78, 5) is 15.2. The topological polar surface area (TPSA) is 91.8 Å². The molecule has 0 aliphatic heterocycles. The standard InChI is InChI=1S/C10H12N4O2/c1-10(2)5(4-11)6(10)9-13-7(14-16-9)8(15)12-3/h5-6H,1-3H3,(H,12,15). The van der Waals surface area contributed by atoms with Crippen LogP contribution in [0.25, 0.3) is 0 Å². The van der Waals surface area contributed by atoms with E-state index in [1.807, 2.05) is 13.8 Å². The third-order valence-electron chi connectivity index (χ3n) is 3.10. The van der Waals surface area contributed by atoms with Crippen molar-refractivity contribution in [1.29, 1.82) is 5.26 Å². The average molecular weight is 220 g/mol. The predicted molar refractivity (Wildman–Crippen MR) is 53.3 cm³/mol. The Morgan fingerprint density at radius 1 is 1.62 bits per heavy atom. The molecule has 0 spiro atoms. The van der Waals surface area contributed by atoms with Crippen molar-refractivity contribution in [3.05, 3.63) is 11.7 Å². The highest BCUT2D eigenvalue weighted by Crippen LogP contribution is 2.63. The van der Waals surface area contributed by atoms with Crippen LogP contribution in [0, 0.1) is 22.7 Å². The molecule has 6 heteroatoms. The predicted octanol–water partition coefficient (Wildman–Crippen LogP) is 0.692. The van der Waals surface area contributed by atoms with E-state index in [0.717, 1.165) is 0 Å². The summed E-state index contributed by atoms with van der Waals surface area (Å²) in [5, 5.41) is 14.9. The summed E-state index contributed by atoms with van der Waals surface area (Å²) in [5.74, 6) is -0.192. The fraction of sp³-hybridized carbons (Fsp3) is 0.600. The molecule has 16 heavy (non-hydrogen) atoms. The molecule has 1 aromatic heterocycles. The largest absolute Gasteiger partial charge is 0.352 e. The highest BCUT2D eigenvalue weighted by atomic mass is 16.5. The Kier molecular flexibility index (Phi) is 2.19. The van der Waals surface area contributed by atoms with Gasteiger partial charge in [0.25, 0.3) is 11.7 Å². The molecule has 1 saturated carbocycles. The Labute approximate surface area is 92.6 Å². The van der Waals surface area contributed by atoms with Crippen LogP contribution in [0.3, 0.4) is 0 Å². The molecule has 84 valence electrons. The molecule has 2 unspecified atom stereocenters. The van der Waals surface area contributed by atoms with Gasteiger partial charge < -0.3 is 9.84 Å². The second-order valence-corrected chi connectivity index (χ2v) is 4.44. The van der Waals surface area contributed by atoms with Crippen LogP contribution in [0.1, 0.15) is 36.3 Å². The first-order valence-electron chi connectivity index (χ1n) is 4.97. The van der Waals surface area contributed by atoms with Crippen LogP contribution in [0.2, 0.25) is 0 Å². The van der Waals surface area contributed by atoms with Gasteiger partial charge in [-0.3, -0.25) is 4.79 Å². The molecule has 1 N–H and O–H groups in total. The monoisotopic (exact) mass is 220 g/mol. The van der Waals surface area contributed by atoms with Gasteiger partial charge in [-0.15, -0.1) is 0 Å². The molecule has 6 nitrogen and oxygen atoms in total. The van der Waals surface area contributed by atoms with Gasteiger partial charge in [0, 0.05) is 7.05 Å². The number of nitriles is 1. The molecule has 2 atom stereocenters. The van der Waals surface area contributed by atoms with Crippen molar-refractivity contribution in [1.82, 2.24) is 15.5 Å². The van der Waals surface area contributed by atoms with Crippen LogP contribution in [0.15, 0.2) is 4.52 Å². The van der Waals surface area contributed by atoms with Gasteiger partial charge in [-0.25, -0.2) is 0 Å². The van der Waals surface area contributed by atoms with E-state index in [-0.39, 0.29) is 29.0 Å². The molecular weight excluding hydrogens is 208 g/mol. The molecule has 1 amide bonds. The first-order chi connectivity index (χ1) is 7.52. The molecule has 2 rings (SSSR count). The van der Waals surface area contributed by atoms with Crippen LogP contribution in [-0.4, -0.2) is 23.1 Å². The van der Waals surface area contributed by atoms with E-state index >= 15 is 0 Å². The zero-order valence-corrected chi connectivity index (χ0v) is 9.31. The lowest BCUT2D eigenvalue weighted by atomic mass is 10.1. The normalized spacial score (nSPS) is 25.9. The van der Waals surface area contributed by atoms with E-state index in [2.05, 4.69) is 21.5 Å². The summed E-state index contributed by atoms with van der Waals surface area (Å²) >= 11 is 0. The number of carbonyl (C=O) groups is 1. The van der Waals surface area contributed by atoms with Gasteiger partial charge in [-0.05, 0) is 5.41 Å². The maximum atomic E-state index is 11.2. The van der Waals surface area contributed by atoms with E-state index in [1.165, 1.54) is 7.05 Å². The first kappa shape index (κ1) is 10.6. The zero-order chi connectivity index (χ0) is 11.9. The Bertz CT molecular complexity index is 471. The van der Waals surface area contributed by atoms with Gasteiger partial charge in [-0.1, -0.05) is 19.0 Å². The van der Waals surface area contributed by atoms with Gasteiger partial charge in [0.05, 0.1) is 17.9 Å². The van der Waals surface area contributed by atoms with Crippen LogP contribution in [-0.2, 0) is 0 Å². The van der Waals surface area contributed by atoms with E-state index in [0.29, 0.717) is 5.89 Å². The lowest BCUT2D eigenvalue weighted by molar-refractivity contribution is 0.0950. The molecule has 1 fully saturated rings. The molecule has 0 radical (unpaired) electrons. The minimum atomic E-state index is -0.387. The molecule has 1 aliphatic rings. The minimum absolute atomic E-state index is 0.0110. The SMILES string of the molecule is CNC(=O)c1noc(C2C(C#N)C2(C)C)n1. The van der Waals surface area contributed by atoms with Crippen molar-refractivity contribution in [2.24, 2.45) is 11.3 Å². The first-order valence-corrected chi connectivity index (χ1v) is 4.97. The highest BCUT2D eigenvalue weighted by Gasteiger charge is 2.62. The molecule has 0 saturated heterocycles. The van der Waals surface area contributed by atoms with Gasteiger partial charge in [0.1, 0.15) is 0 Å². The number of amides is 1. The molecule has 1 aliphatic carbocycles. The molecular formula is C10H12N4O2. The van der Waals surface area contributed by atoms with Crippen molar-refractivity contribution >= 4 is 5.91 Å². The van der Waals surface area contributed by atoms with Crippen molar-refractivity contribution in [3.63, 3.8) is 0 Å². The van der Waals surface area contributed by atoms with Crippen molar-refractivity contribution in [2.45, 2.75) is 19.8 Å². The zero-order valence-electron chi connectivity index (χ0n) is 9.31. The summed E-state index contributed by atoms with van der Waals surface area (Å²) in [6.07, 6.45) is 0. The maximum absolute atomic E-state index is 11.2. The second-order valence-electron chi connectivity index (χ2n) is 4.44. The maximum Gasteiger partial charge on any atom is 0.292 e. The fourth-order valence-corrected chi connectivity index (χ4v) is 1.91. The van der Waals surface area contributed by atoms with E-state index in [4.69, 9.17) is 9.78 Å². The lowest BCUT2D eigenvalue weighted by Crippen LogP contribution is -2.19. The summed E-state index contributed by atoms with van der Waals surface area (Å²) in [6, 6.07) is 2.20. The summed E-state index contributed by atoms with van der Waals surface area (Å²) in [6.45, 7) is 3.94. The number of hydrogen-bond donors (Lipinski definition) is 1. The second kappa shape index (κ2) is 3.30. The minimum Gasteiger partial charge on any atom is -0.352 e. The highest BCUT2D eigenvalue weighted by molar-refractivity contribution is 5.89. The number of aromatic nitrogens is 2. The molecule has 0 aromatic carbocycles. The summed E-state index contributed by atoms with van der Waals surface area (Å²) < 4.78 is 5.01. The lowest BCUT2D eigenvalue weighted by Gasteiger charge is -1.95. The third kappa shape index (κ3) is 1.36. The van der Waals surface area contributed by atoms with Crippen LogP contribution in [0.4, 0.5) is 0 Å². The van der Waals surface area contributed by atoms with Crippen molar-refractivity contribution in [3.8, 4) is 6.07 Å². The number of hydrogen-bond acceptors (Lipinski definition) is 5. The number of nitrogens with zero attached hydrogens (tertiary/aromatic N) is 3. The number of carbonyl (C=O) groups excluding carboxylic acids is 1. The van der Waals surface area contributed by atoms with Crippen LogP contribution < -0.4 is 5.32 Å². The smallest absolute Gasteiger partial charge is 0.292 e. The van der Waals surface area contributed by atoms with E-state index in [9.17, 15) is 4.79 Å². The number of rotatable bonds is 2. The molecule has 1 heterocycles. The van der Waals surface area contributed by atoms with Crippen LogP contribution in [0.5, 0.6) is 0 Å². The number of nitrogens with one attached hydrogen (secondary N) is 1. The third-order valence-corrected chi connectivity index (χ3v) is 3.10. The Balaban J connectivity index is 2.22. The van der Waals surface area contributed by atoms with Crippen LogP contribution >= 0.6 is 0 Å². The van der Waals surface area contributed by atoms with Crippen molar-refractivity contribution < 1.29 is 9.32 Å². The Morgan fingerprint density at radius 3 is 2.81 bits per heavy atom. The average Bonchev–Trinajstić information content (AvgIpc) is 2.67. The Morgan fingerprint density at radius 2 is 2.31 bits per heavy atom. The van der Waals surface area contributed by atoms with Gasteiger partial charge in [0.15, 0.2) is 0 Å². The van der Waals surface area contributed by atoms with E-state index in [1.54, 1.807) is 0 Å².